The van der Waals surface area contributed by atoms with Crippen molar-refractivity contribution in [2.24, 2.45) is 5.73 Å². The molecular weight excluding hydrogens is 522 g/mol. The van der Waals surface area contributed by atoms with E-state index < -0.39 is 6.04 Å². The lowest BCUT2D eigenvalue weighted by atomic mass is 9.95. The van der Waals surface area contributed by atoms with E-state index in [0.29, 0.717) is 24.0 Å². The molecule has 210 valence electrons. The Morgan fingerprint density at radius 1 is 0.595 bits per heavy atom. The first-order valence-electron chi connectivity index (χ1n) is 14.4. The highest BCUT2D eigenvalue weighted by Crippen LogP contribution is 2.22. The maximum absolute atomic E-state index is 13.3. The number of rotatable bonds is 8. The molecule has 2 heterocycles. The van der Waals surface area contributed by atoms with Crippen molar-refractivity contribution in [1.82, 2.24) is 20.6 Å². The monoisotopic (exact) mass is 555 g/mol. The number of benzene rings is 4. The number of carbonyl (C=O) groups is 2. The molecule has 0 fully saturated rings. The molecule has 0 aliphatic heterocycles. The lowest BCUT2D eigenvalue weighted by Crippen LogP contribution is -2.58. The van der Waals surface area contributed by atoms with E-state index in [0.717, 1.165) is 43.6 Å². The van der Waals surface area contributed by atoms with Crippen LogP contribution < -0.4 is 16.4 Å². The van der Waals surface area contributed by atoms with Crippen LogP contribution in [0.2, 0.25) is 0 Å². The van der Waals surface area contributed by atoms with Gasteiger partial charge in [-0.3, -0.25) is 9.59 Å². The second-order valence-electron chi connectivity index (χ2n) is 10.7. The Morgan fingerprint density at radius 2 is 1.00 bits per heavy atom. The zero-order chi connectivity index (χ0) is 29.2. The van der Waals surface area contributed by atoms with Crippen LogP contribution in [0.3, 0.4) is 0 Å². The van der Waals surface area contributed by atoms with Crippen LogP contribution in [0.5, 0.6) is 0 Å². The summed E-state index contributed by atoms with van der Waals surface area (Å²) in [4.78, 5) is 36.0. The van der Waals surface area contributed by atoms with E-state index in [-0.39, 0.29) is 23.9 Å². The number of aromatic nitrogens is 2. The van der Waals surface area contributed by atoms with Gasteiger partial charge in [-0.15, -0.1) is 0 Å². The minimum absolute atomic E-state index is 0.206. The second-order valence-corrected chi connectivity index (χ2v) is 10.7. The molecule has 6 aromatic rings. The number of nitrogens with one attached hydrogen (secondary N) is 2. The summed E-state index contributed by atoms with van der Waals surface area (Å²) in [5.74, 6) is -0.411. The Labute approximate surface area is 244 Å². The van der Waals surface area contributed by atoms with Crippen molar-refractivity contribution in [1.29, 1.82) is 0 Å². The number of hydrogen-bond donors (Lipinski definition) is 3. The van der Waals surface area contributed by atoms with Crippen molar-refractivity contribution in [2.75, 3.05) is 0 Å². The summed E-state index contributed by atoms with van der Waals surface area (Å²) in [6.45, 7) is 3.97. The fourth-order valence-electron chi connectivity index (χ4n) is 5.57. The molecular formula is C35H33N5O2. The van der Waals surface area contributed by atoms with Crippen molar-refractivity contribution in [2.45, 2.75) is 44.8 Å². The topological polar surface area (TPSA) is 110 Å². The molecule has 7 heteroatoms. The van der Waals surface area contributed by atoms with Crippen LogP contribution >= 0.6 is 0 Å². The van der Waals surface area contributed by atoms with Crippen molar-refractivity contribution >= 4 is 55.4 Å². The van der Waals surface area contributed by atoms with Gasteiger partial charge in [0.1, 0.15) is 0 Å². The predicted molar refractivity (Wildman–Crippen MR) is 170 cm³/mol. The van der Waals surface area contributed by atoms with E-state index in [1.165, 1.54) is 0 Å². The molecule has 0 saturated carbocycles. The number of hydrogen-bond acceptors (Lipinski definition) is 5. The van der Waals surface area contributed by atoms with Gasteiger partial charge in [-0.25, -0.2) is 9.97 Å². The average Bonchev–Trinajstić information content (AvgIpc) is 3.02. The minimum atomic E-state index is -0.481. The zero-order valence-corrected chi connectivity index (χ0v) is 23.7. The Bertz CT molecular complexity index is 1810. The number of nitrogens with zero attached hydrogens (tertiary/aromatic N) is 2. The summed E-state index contributed by atoms with van der Waals surface area (Å²) in [5.41, 5.74) is 11.3. The molecule has 0 bridgehead atoms. The lowest BCUT2D eigenvalue weighted by molar-refractivity contribution is 0.0908. The van der Waals surface area contributed by atoms with Gasteiger partial charge in [0, 0.05) is 50.8 Å². The fraction of sp³-hybridized carbons (Fsp3) is 0.200. The Morgan fingerprint density at radius 3 is 1.43 bits per heavy atom. The molecule has 7 nitrogen and oxygen atoms in total. The molecule has 0 aliphatic carbocycles. The normalized spacial score (nSPS) is 13.7. The third-order valence-electron chi connectivity index (χ3n) is 8.00. The van der Waals surface area contributed by atoms with Crippen molar-refractivity contribution in [3.05, 3.63) is 108 Å². The number of pyridine rings is 2. The molecule has 2 atom stereocenters. The summed E-state index contributed by atoms with van der Waals surface area (Å²) in [6, 6.07) is 29.8. The van der Waals surface area contributed by atoms with Gasteiger partial charge in [-0.05, 0) is 73.5 Å². The van der Waals surface area contributed by atoms with Crippen LogP contribution in [-0.2, 0) is 0 Å². The molecule has 2 aromatic heterocycles. The third-order valence-corrected chi connectivity index (χ3v) is 8.00. The SMILES string of the molecule is CCC(NC(=O)c1ccc2nc3ccccc3cc2c1)C(N)C(CC)NC(=O)c1ccc2nc3ccccc3cc2c1. The third kappa shape index (κ3) is 5.39. The maximum Gasteiger partial charge on any atom is 0.251 e. The van der Waals surface area contributed by atoms with Gasteiger partial charge < -0.3 is 16.4 Å². The number of fused-ring (bicyclic) bond motifs is 4. The van der Waals surface area contributed by atoms with Gasteiger partial charge in [0.2, 0.25) is 0 Å². The van der Waals surface area contributed by atoms with Crippen LogP contribution in [0.4, 0.5) is 0 Å². The summed E-state index contributed by atoms with van der Waals surface area (Å²) in [5, 5.41) is 10.1. The smallest absolute Gasteiger partial charge is 0.251 e. The first-order chi connectivity index (χ1) is 20.4. The number of carbonyl (C=O) groups excluding carboxylic acids is 2. The highest BCUT2D eigenvalue weighted by molar-refractivity contribution is 6.01. The van der Waals surface area contributed by atoms with Gasteiger partial charge in [-0.2, -0.15) is 0 Å². The highest BCUT2D eigenvalue weighted by atomic mass is 16.2. The maximum atomic E-state index is 13.3. The van der Waals surface area contributed by atoms with Crippen molar-refractivity contribution in [3.8, 4) is 0 Å². The van der Waals surface area contributed by atoms with E-state index in [1.54, 1.807) is 12.1 Å². The van der Waals surface area contributed by atoms with Gasteiger partial charge in [0.25, 0.3) is 11.8 Å². The molecule has 4 aromatic carbocycles. The van der Waals surface area contributed by atoms with Crippen LogP contribution in [0.15, 0.2) is 97.1 Å². The van der Waals surface area contributed by atoms with Gasteiger partial charge in [-0.1, -0.05) is 50.2 Å². The van der Waals surface area contributed by atoms with Crippen LogP contribution in [-0.4, -0.2) is 39.9 Å². The van der Waals surface area contributed by atoms with Crippen LogP contribution in [0.25, 0.3) is 43.6 Å². The first kappa shape index (κ1) is 27.3. The van der Waals surface area contributed by atoms with Crippen molar-refractivity contribution in [3.63, 3.8) is 0 Å². The molecule has 0 radical (unpaired) electrons. The second kappa shape index (κ2) is 11.5. The molecule has 0 saturated heterocycles. The molecule has 4 N–H and O–H groups in total. The Hall–Kier alpha value is -4.88. The van der Waals surface area contributed by atoms with E-state index >= 15 is 0 Å². The summed E-state index contributed by atoms with van der Waals surface area (Å²) < 4.78 is 0. The number of nitrogens with two attached hydrogens (primary N) is 1. The molecule has 6 rings (SSSR count). The molecule has 0 aliphatic rings. The number of para-hydroxylation sites is 2. The van der Waals surface area contributed by atoms with Crippen LogP contribution in [0.1, 0.15) is 47.4 Å². The van der Waals surface area contributed by atoms with Crippen LogP contribution in [0, 0.1) is 0 Å². The predicted octanol–water partition coefficient (Wildman–Crippen LogP) is 6.13. The van der Waals surface area contributed by atoms with E-state index in [4.69, 9.17) is 15.7 Å². The molecule has 2 unspecified atom stereocenters. The van der Waals surface area contributed by atoms with E-state index in [2.05, 4.69) is 10.6 Å². The van der Waals surface area contributed by atoms with Gasteiger partial charge >= 0.3 is 0 Å². The zero-order valence-electron chi connectivity index (χ0n) is 23.7. The average molecular weight is 556 g/mol. The van der Waals surface area contributed by atoms with E-state index in [9.17, 15) is 9.59 Å². The Kier molecular flexibility index (Phi) is 7.50. The summed E-state index contributed by atoms with van der Waals surface area (Å²) >= 11 is 0. The quantitative estimate of drug-likeness (QED) is 0.196. The highest BCUT2D eigenvalue weighted by Gasteiger charge is 2.27. The lowest BCUT2D eigenvalue weighted by Gasteiger charge is -2.31. The number of amides is 2. The van der Waals surface area contributed by atoms with Gasteiger partial charge in [0.15, 0.2) is 0 Å². The minimum Gasteiger partial charge on any atom is -0.348 e. The standard InChI is InChI=1S/C35H33N5O2/c1-3-27(39-34(41)23-13-15-31-25(19-23)17-21-9-5-7-11-29(21)37-31)33(36)28(4-2)40-35(42)24-14-16-32-26(20-24)18-22-10-6-8-12-30(22)38-32/h5-20,27-28,33H,3-4,36H2,1-2H3,(H,39,41)(H,40,42). The van der Waals surface area contributed by atoms with E-state index in [1.807, 2.05) is 98.8 Å². The van der Waals surface area contributed by atoms with Crippen molar-refractivity contribution < 1.29 is 9.59 Å². The van der Waals surface area contributed by atoms with Gasteiger partial charge in [0.05, 0.1) is 22.1 Å². The Balaban J connectivity index is 1.17. The molecule has 42 heavy (non-hydrogen) atoms. The largest absolute Gasteiger partial charge is 0.348 e. The molecule has 2 amide bonds. The first-order valence-corrected chi connectivity index (χ1v) is 14.4. The molecule has 0 spiro atoms. The summed E-state index contributed by atoms with van der Waals surface area (Å²) in [7, 11) is 0. The summed E-state index contributed by atoms with van der Waals surface area (Å²) in [6.07, 6.45) is 1.24. The fourth-order valence-corrected chi connectivity index (χ4v) is 5.57.